The van der Waals surface area contributed by atoms with Gasteiger partial charge in [0.05, 0.1) is 23.7 Å². The molecule has 2 heteroatoms. The molecule has 0 aliphatic rings. The van der Waals surface area contributed by atoms with E-state index in [1.54, 1.807) is 0 Å². The van der Waals surface area contributed by atoms with Crippen LogP contribution in [-0.2, 0) is 6.42 Å². The molecular weight excluding hydrogens is 184 g/mol. The molecule has 2 rings (SSSR count). The summed E-state index contributed by atoms with van der Waals surface area (Å²) in [5.74, 6) is 0. The molecule has 0 bridgehead atoms. The smallest absolute Gasteiger partial charge is 0.0775 e. The molecule has 0 amide bonds. The molecule has 0 N–H and O–H groups in total. The van der Waals surface area contributed by atoms with Crippen LogP contribution in [0.4, 0.5) is 0 Å². The Morgan fingerprint density at radius 2 is 2.07 bits per heavy atom. The average molecular weight is 196 g/mol. The highest BCUT2D eigenvalue weighted by Gasteiger charge is 2.02. The lowest BCUT2D eigenvalue weighted by atomic mass is 10.1. The highest BCUT2D eigenvalue weighted by molar-refractivity contribution is 5.82. The van der Waals surface area contributed by atoms with Gasteiger partial charge in [0.2, 0.25) is 0 Å². The van der Waals surface area contributed by atoms with Gasteiger partial charge in [0, 0.05) is 5.39 Å². The van der Waals surface area contributed by atoms with Gasteiger partial charge in [-0.05, 0) is 37.6 Å². The molecule has 2 nitrogen and oxygen atoms in total. The fourth-order valence-electron chi connectivity index (χ4n) is 1.75. The van der Waals surface area contributed by atoms with E-state index in [2.05, 4.69) is 31.0 Å². The van der Waals surface area contributed by atoms with E-state index in [4.69, 9.17) is 5.26 Å². The summed E-state index contributed by atoms with van der Waals surface area (Å²) in [5.41, 5.74) is 4.26. The summed E-state index contributed by atoms with van der Waals surface area (Å²) in [6.07, 6.45) is 0.380. The number of fused-ring (bicyclic) bond motifs is 1. The Balaban J connectivity index is 2.68. The van der Waals surface area contributed by atoms with Gasteiger partial charge in [-0.3, -0.25) is 4.98 Å². The van der Waals surface area contributed by atoms with Gasteiger partial charge in [-0.15, -0.1) is 0 Å². The number of aromatic nitrogens is 1. The topological polar surface area (TPSA) is 36.7 Å². The van der Waals surface area contributed by atoms with Gasteiger partial charge in [0.15, 0.2) is 0 Å². The van der Waals surface area contributed by atoms with Crippen molar-refractivity contribution in [1.29, 1.82) is 5.26 Å². The molecule has 2 aromatic rings. The van der Waals surface area contributed by atoms with E-state index in [1.807, 2.05) is 18.2 Å². The van der Waals surface area contributed by atoms with Crippen molar-refractivity contribution in [2.24, 2.45) is 0 Å². The minimum atomic E-state index is 0.380. The Labute approximate surface area is 89.2 Å². The van der Waals surface area contributed by atoms with Crippen LogP contribution >= 0.6 is 0 Å². The molecule has 1 heterocycles. The van der Waals surface area contributed by atoms with Crippen LogP contribution in [0.3, 0.4) is 0 Å². The van der Waals surface area contributed by atoms with Gasteiger partial charge in [-0.25, -0.2) is 0 Å². The van der Waals surface area contributed by atoms with E-state index in [9.17, 15) is 0 Å². The highest BCUT2D eigenvalue weighted by Crippen LogP contribution is 2.19. The van der Waals surface area contributed by atoms with Crippen molar-refractivity contribution in [3.05, 3.63) is 41.1 Å². The maximum atomic E-state index is 8.64. The SMILES string of the molecule is Cc1ccc2nc(CC#N)cc(C)c2c1. The maximum absolute atomic E-state index is 8.64. The fourth-order valence-corrected chi connectivity index (χ4v) is 1.75. The second kappa shape index (κ2) is 3.70. The third-order valence-corrected chi connectivity index (χ3v) is 2.48. The molecule has 0 radical (unpaired) electrons. The predicted octanol–water partition coefficient (Wildman–Crippen LogP) is 2.92. The Morgan fingerprint density at radius 1 is 1.27 bits per heavy atom. The number of nitrogens with zero attached hydrogens (tertiary/aromatic N) is 2. The molecule has 1 aromatic carbocycles. The van der Waals surface area contributed by atoms with Crippen molar-refractivity contribution >= 4 is 10.9 Å². The largest absolute Gasteiger partial charge is 0.252 e. The molecule has 0 unspecified atom stereocenters. The molecule has 1 aromatic heterocycles. The first-order valence-electron chi connectivity index (χ1n) is 4.94. The van der Waals surface area contributed by atoms with Crippen LogP contribution in [0.25, 0.3) is 10.9 Å². The van der Waals surface area contributed by atoms with Crippen LogP contribution in [-0.4, -0.2) is 4.98 Å². The highest BCUT2D eigenvalue weighted by atomic mass is 14.7. The summed E-state index contributed by atoms with van der Waals surface area (Å²) in [7, 11) is 0. The van der Waals surface area contributed by atoms with Crippen molar-refractivity contribution in [2.45, 2.75) is 20.3 Å². The van der Waals surface area contributed by atoms with E-state index in [0.29, 0.717) is 6.42 Å². The lowest BCUT2D eigenvalue weighted by Crippen LogP contribution is -1.92. The summed E-state index contributed by atoms with van der Waals surface area (Å²) in [6, 6.07) is 10.3. The van der Waals surface area contributed by atoms with Crippen LogP contribution in [0.15, 0.2) is 24.3 Å². The third kappa shape index (κ3) is 1.82. The first-order valence-corrected chi connectivity index (χ1v) is 4.94. The quantitative estimate of drug-likeness (QED) is 0.703. The van der Waals surface area contributed by atoms with Crippen LogP contribution < -0.4 is 0 Å². The first kappa shape index (κ1) is 9.67. The fraction of sp³-hybridized carbons (Fsp3) is 0.231. The van der Waals surface area contributed by atoms with Crippen molar-refractivity contribution in [3.8, 4) is 6.07 Å². The first-order chi connectivity index (χ1) is 7.20. The van der Waals surface area contributed by atoms with Crippen LogP contribution in [0.2, 0.25) is 0 Å². The number of benzene rings is 1. The number of nitriles is 1. The summed E-state index contributed by atoms with van der Waals surface area (Å²) in [4.78, 5) is 4.44. The second-order valence-corrected chi connectivity index (χ2v) is 3.79. The molecule has 0 aliphatic carbocycles. The van der Waals surface area contributed by atoms with Crippen LogP contribution in [0, 0.1) is 25.2 Å². The lowest BCUT2D eigenvalue weighted by molar-refractivity contribution is 1.14. The number of aryl methyl sites for hydroxylation is 2. The molecule has 0 saturated carbocycles. The average Bonchev–Trinajstić information content (AvgIpc) is 2.20. The molecule has 0 aliphatic heterocycles. The molecular formula is C13H12N2. The van der Waals surface area contributed by atoms with E-state index < -0.39 is 0 Å². The zero-order chi connectivity index (χ0) is 10.8. The number of hydrogen-bond donors (Lipinski definition) is 0. The van der Waals surface area contributed by atoms with Crippen LogP contribution in [0.1, 0.15) is 16.8 Å². The third-order valence-electron chi connectivity index (χ3n) is 2.48. The van der Waals surface area contributed by atoms with E-state index in [0.717, 1.165) is 11.2 Å². The number of rotatable bonds is 1. The Bertz CT molecular complexity index is 550. The molecule has 0 spiro atoms. The molecule has 74 valence electrons. The van der Waals surface area contributed by atoms with E-state index in [-0.39, 0.29) is 0 Å². The monoisotopic (exact) mass is 196 g/mol. The van der Waals surface area contributed by atoms with E-state index in [1.165, 1.54) is 16.5 Å². The maximum Gasteiger partial charge on any atom is 0.0775 e. The van der Waals surface area contributed by atoms with Gasteiger partial charge < -0.3 is 0 Å². The summed E-state index contributed by atoms with van der Waals surface area (Å²) < 4.78 is 0. The zero-order valence-corrected chi connectivity index (χ0v) is 8.91. The van der Waals surface area contributed by atoms with Gasteiger partial charge >= 0.3 is 0 Å². The molecule has 0 fully saturated rings. The summed E-state index contributed by atoms with van der Waals surface area (Å²) in [6.45, 7) is 4.13. The van der Waals surface area contributed by atoms with Gasteiger partial charge in [-0.2, -0.15) is 5.26 Å². The van der Waals surface area contributed by atoms with Crippen molar-refractivity contribution in [3.63, 3.8) is 0 Å². The minimum Gasteiger partial charge on any atom is -0.252 e. The zero-order valence-electron chi connectivity index (χ0n) is 8.91. The summed E-state index contributed by atoms with van der Waals surface area (Å²) in [5, 5.41) is 9.81. The van der Waals surface area contributed by atoms with Crippen LogP contribution in [0.5, 0.6) is 0 Å². The van der Waals surface area contributed by atoms with Crippen molar-refractivity contribution < 1.29 is 0 Å². The van der Waals surface area contributed by atoms with Gasteiger partial charge in [-0.1, -0.05) is 11.6 Å². The van der Waals surface area contributed by atoms with Crippen molar-refractivity contribution in [2.75, 3.05) is 0 Å². The number of hydrogen-bond acceptors (Lipinski definition) is 2. The van der Waals surface area contributed by atoms with Gasteiger partial charge in [0.1, 0.15) is 0 Å². The molecule has 0 atom stereocenters. The minimum absolute atomic E-state index is 0.380. The molecule has 0 saturated heterocycles. The standard InChI is InChI=1S/C13H12N2/c1-9-3-4-13-12(7-9)10(2)8-11(15-13)5-6-14/h3-4,7-8H,5H2,1-2H3. The lowest BCUT2D eigenvalue weighted by Gasteiger charge is -2.04. The Morgan fingerprint density at radius 3 is 2.80 bits per heavy atom. The predicted molar refractivity (Wildman–Crippen MR) is 60.5 cm³/mol. The Hall–Kier alpha value is -1.88. The second-order valence-electron chi connectivity index (χ2n) is 3.79. The van der Waals surface area contributed by atoms with Gasteiger partial charge in [0.25, 0.3) is 0 Å². The number of pyridine rings is 1. The van der Waals surface area contributed by atoms with E-state index >= 15 is 0 Å². The summed E-state index contributed by atoms with van der Waals surface area (Å²) >= 11 is 0. The Kier molecular flexibility index (Phi) is 2.39. The normalized spacial score (nSPS) is 10.2. The van der Waals surface area contributed by atoms with Crippen molar-refractivity contribution in [1.82, 2.24) is 4.98 Å². The molecule has 15 heavy (non-hydrogen) atoms.